The van der Waals surface area contributed by atoms with Crippen LogP contribution in [-0.2, 0) is 6.18 Å². The molecule has 0 heterocycles. The molecule has 2 saturated carbocycles. The van der Waals surface area contributed by atoms with Gasteiger partial charge in [-0.15, -0.1) is 0 Å². The lowest BCUT2D eigenvalue weighted by atomic mass is 9.68. The molecule has 2 fully saturated rings. The Morgan fingerprint density at radius 3 is 2.52 bits per heavy atom. The molecule has 2 aliphatic rings. The highest BCUT2D eigenvalue weighted by Gasteiger charge is 2.59. The van der Waals surface area contributed by atoms with Crippen molar-refractivity contribution in [2.45, 2.75) is 52.3 Å². The van der Waals surface area contributed by atoms with Gasteiger partial charge in [0.25, 0.3) is 5.91 Å². The van der Waals surface area contributed by atoms with Crippen LogP contribution in [0.1, 0.15) is 56.0 Å². The monoisotopic (exact) mass is 325 g/mol. The number of halogens is 3. The normalized spacial score (nSPS) is 32.1. The molecule has 2 aliphatic carbocycles. The first kappa shape index (κ1) is 16.3. The molecular formula is C18H22F3NO. The lowest BCUT2D eigenvalue weighted by Gasteiger charge is -2.43. The summed E-state index contributed by atoms with van der Waals surface area (Å²) in [5, 5.41) is 3.03. The molecule has 3 rings (SSSR count). The van der Waals surface area contributed by atoms with Crippen molar-refractivity contribution in [2.75, 3.05) is 0 Å². The van der Waals surface area contributed by atoms with Gasteiger partial charge in [-0.25, -0.2) is 0 Å². The van der Waals surface area contributed by atoms with Gasteiger partial charge in [-0.1, -0.05) is 26.8 Å². The average molecular weight is 325 g/mol. The summed E-state index contributed by atoms with van der Waals surface area (Å²) in [6.45, 7) is 6.48. The summed E-state index contributed by atoms with van der Waals surface area (Å²) in [6.07, 6.45) is -1.13. The molecule has 1 amide bonds. The fraction of sp³-hybridized carbons (Fsp3) is 0.611. The summed E-state index contributed by atoms with van der Waals surface area (Å²) >= 11 is 0. The lowest BCUT2D eigenvalue weighted by molar-refractivity contribution is -0.137. The molecule has 0 unspecified atom stereocenters. The van der Waals surface area contributed by atoms with Gasteiger partial charge in [-0.05, 0) is 54.2 Å². The van der Waals surface area contributed by atoms with E-state index in [-0.39, 0.29) is 22.4 Å². The van der Waals surface area contributed by atoms with Gasteiger partial charge in [0, 0.05) is 11.6 Å². The Hall–Kier alpha value is -1.52. The second-order valence-corrected chi connectivity index (χ2v) is 7.90. The molecule has 0 radical (unpaired) electrons. The molecule has 1 aromatic carbocycles. The third-order valence-electron chi connectivity index (χ3n) is 6.00. The number of fused-ring (bicyclic) bond motifs is 2. The Morgan fingerprint density at radius 1 is 1.26 bits per heavy atom. The van der Waals surface area contributed by atoms with Crippen molar-refractivity contribution in [3.8, 4) is 0 Å². The lowest BCUT2D eigenvalue weighted by Crippen LogP contribution is -2.52. The van der Waals surface area contributed by atoms with Gasteiger partial charge in [0.15, 0.2) is 0 Å². The first-order chi connectivity index (χ1) is 10.5. The fourth-order valence-electron chi connectivity index (χ4n) is 4.71. The predicted molar refractivity (Wildman–Crippen MR) is 81.9 cm³/mol. The van der Waals surface area contributed by atoms with Crippen LogP contribution < -0.4 is 5.32 Å². The van der Waals surface area contributed by atoms with Crippen LogP contribution in [0.4, 0.5) is 13.2 Å². The van der Waals surface area contributed by atoms with Crippen molar-refractivity contribution in [3.63, 3.8) is 0 Å². The minimum atomic E-state index is -4.44. The fourth-order valence-corrected chi connectivity index (χ4v) is 4.71. The highest BCUT2D eigenvalue weighted by molar-refractivity contribution is 5.94. The summed E-state index contributed by atoms with van der Waals surface area (Å²) in [4.78, 5) is 12.5. The van der Waals surface area contributed by atoms with E-state index >= 15 is 0 Å². The molecule has 2 bridgehead atoms. The highest BCUT2D eigenvalue weighted by Crippen LogP contribution is 2.62. The molecule has 0 spiro atoms. The van der Waals surface area contributed by atoms with Crippen LogP contribution in [0.25, 0.3) is 0 Å². The largest absolute Gasteiger partial charge is 0.416 e. The second kappa shape index (κ2) is 4.99. The van der Waals surface area contributed by atoms with Crippen LogP contribution in [0.2, 0.25) is 0 Å². The minimum Gasteiger partial charge on any atom is -0.348 e. The number of nitrogens with one attached hydrogen (secondary N) is 1. The number of amides is 1. The van der Waals surface area contributed by atoms with Crippen molar-refractivity contribution in [2.24, 2.45) is 16.7 Å². The van der Waals surface area contributed by atoms with Gasteiger partial charge in [0.1, 0.15) is 0 Å². The zero-order valence-electron chi connectivity index (χ0n) is 13.6. The van der Waals surface area contributed by atoms with E-state index < -0.39 is 17.6 Å². The van der Waals surface area contributed by atoms with E-state index in [1.807, 2.05) is 0 Å². The SMILES string of the molecule is CC1(C)[C@@H]2CC[C@](C)(C2)[C@H]1NC(=O)c1cccc(C(F)(F)F)c1. The summed E-state index contributed by atoms with van der Waals surface area (Å²) in [7, 11) is 0. The maximum atomic E-state index is 12.8. The van der Waals surface area contributed by atoms with E-state index in [0.717, 1.165) is 25.0 Å². The van der Waals surface area contributed by atoms with Gasteiger partial charge in [0.2, 0.25) is 0 Å². The van der Waals surface area contributed by atoms with Gasteiger partial charge >= 0.3 is 6.18 Å². The summed E-state index contributed by atoms with van der Waals surface area (Å²) in [5.41, 5.74) is -0.693. The minimum absolute atomic E-state index is 0.00390. The Bertz CT molecular complexity index is 633. The molecule has 23 heavy (non-hydrogen) atoms. The standard InChI is InChI=1S/C18H22F3NO/c1-16(2)13-7-8-17(3,10-13)15(16)22-14(23)11-5-4-6-12(9-11)18(19,20)21/h4-6,9,13,15H,7-8,10H2,1-3H3,(H,22,23)/t13-,15+,17-/m1/s1. The molecule has 0 aromatic heterocycles. The molecule has 1 N–H and O–H groups in total. The van der Waals surface area contributed by atoms with E-state index in [1.54, 1.807) is 0 Å². The van der Waals surface area contributed by atoms with E-state index in [1.165, 1.54) is 18.6 Å². The van der Waals surface area contributed by atoms with Gasteiger partial charge < -0.3 is 5.32 Å². The Morgan fingerprint density at radius 2 is 1.96 bits per heavy atom. The molecule has 0 saturated heterocycles. The maximum absolute atomic E-state index is 12.8. The number of carbonyl (C=O) groups is 1. The molecule has 1 aromatic rings. The van der Waals surface area contributed by atoms with Crippen molar-refractivity contribution >= 4 is 5.91 Å². The first-order valence-electron chi connectivity index (χ1n) is 8.02. The quantitative estimate of drug-likeness (QED) is 0.842. The number of alkyl halides is 3. The van der Waals surface area contributed by atoms with Crippen LogP contribution in [0, 0.1) is 16.7 Å². The molecule has 3 atom stereocenters. The molecule has 126 valence electrons. The Balaban J connectivity index is 1.83. The molecule has 5 heteroatoms. The van der Waals surface area contributed by atoms with Crippen LogP contribution in [0.5, 0.6) is 0 Å². The number of carbonyl (C=O) groups excluding carboxylic acids is 1. The van der Waals surface area contributed by atoms with E-state index in [9.17, 15) is 18.0 Å². The maximum Gasteiger partial charge on any atom is 0.416 e. The molecule has 0 aliphatic heterocycles. The van der Waals surface area contributed by atoms with Crippen molar-refractivity contribution < 1.29 is 18.0 Å². The third kappa shape index (κ3) is 2.64. The van der Waals surface area contributed by atoms with Gasteiger partial charge in [0.05, 0.1) is 5.56 Å². The molecular weight excluding hydrogens is 303 g/mol. The van der Waals surface area contributed by atoms with Crippen LogP contribution in [-0.4, -0.2) is 11.9 Å². The van der Waals surface area contributed by atoms with Gasteiger partial charge in [-0.3, -0.25) is 4.79 Å². The summed E-state index contributed by atoms with van der Waals surface area (Å²) in [6, 6.07) is 4.63. The zero-order valence-corrected chi connectivity index (χ0v) is 13.6. The molecule has 2 nitrogen and oxygen atoms in total. The summed E-state index contributed by atoms with van der Waals surface area (Å²) in [5.74, 6) is 0.155. The zero-order chi connectivity index (χ0) is 17.0. The van der Waals surface area contributed by atoms with Crippen molar-refractivity contribution in [1.29, 1.82) is 0 Å². The number of rotatable bonds is 2. The topological polar surface area (TPSA) is 29.1 Å². The highest BCUT2D eigenvalue weighted by atomic mass is 19.4. The average Bonchev–Trinajstić information content (AvgIpc) is 2.94. The Labute approximate surface area is 134 Å². The second-order valence-electron chi connectivity index (χ2n) is 7.90. The number of hydrogen-bond acceptors (Lipinski definition) is 1. The van der Waals surface area contributed by atoms with Crippen molar-refractivity contribution in [1.82, 2.24) is 5.32 Å². The van der Waals surface area contributed by atoms with Gasteiger partial charge in [-0.2, -0.15) is 13.2 Å². The Kier molecular flexibility index (Phi) is 3.54. The van der Waals surface area contributed by atoms with Crippen LogP contribution in [0.3, 0.4) is 0 Å². The van der Waals surface area contributed by atoms with Crippen LogP contribution in [0.15, 0.2) is 24.3 Å². The van der Waals surface area contributed by atoms with E-state index in [4.69, 9.17) is 0 Å². The van der Waals surface area contributed by atoms with E-state index in [2.05, 4.69) is 26.1 Å². The predicted octanol–water partition coefficient (Wildman–Crippen LogP) is 4.65. The summed E-state index contributed by atoms with van der Waals surface area (Å²) < 4.78 is 38.4. The third-order valence-corrected chi connectivity index (χ3v) is 6.00. The smallest absolute Gasteiger partial charge is 0.348 e. The van der Waals surface area contributed by atoms with Crippen molar-refractivity contribution in [3.05, 3.63) is 35.4 Å². The number of hydrogen-bond donors (Lipinski definition) is 1. The van der Waals surface area contributed by atoms with E-state index in [0.29, 0.717) is 5.92 Å². The van der Waals surface area contributed by atoms with Crippen LogP contribution >= 0.6 is 0 Å². The first-order valence-corrected chi connectivity index (χ1v) is 8.02. The number of benzene rings is 1.